The highest BCUT2D eigenvalue weighted by Gasteiger charge is 2.35. The molecular formula is C46H71N7O6. The molecule has 5 amide bonds. The Kier molecular flexibility index (Phi) is 22.5. The van der Waals surface area contributed by atoms with E-state index in [1.54, 1.807) is 27.9 Å². The molecule has 0 spiro atoms. The highest BCUT2D eigenvalue weighted by Crippen LogP contribution is 2.24. The number of ketones is 1. The van der Waals surface area contributed by atoms with Gasteiger partial charge in [0.2, 0.25) is 29.5 Å². The van der Waals surface area contributed by atoms with Crippen LogP contribution in [0, 0.1) is 0 Å². The zero-order chi connectivity index (χ0) is 43.0. The Balaban J connectivity index is 0.000000809. The van der Waals surface area contributed by atoms with E-state index in [1.807, 2.05) is 70.5 Å². The largest absolute Gasteiger partial charge is 0.354 e. The Morgan fingerprint density at radius 2 is 1.22 bits per heavy atom. The number of carbonyl (C=O) groups is 6. The molecular weight excluding hydrogens is 747 g/mol. The molecule has 2 aliphatic rings. The summed E-state index contributed by atoms with van der Waals surface area (Å²) in [6.45, 7) is 7.38. The van der Waals surface area contributed by atoms with Crippen molar-refractivity contribution in [1.82, 2.24) is 36.4 Å². The monoisotopic (exact) mass is 818 g/mol. The fourth-order valence-corrected chi connectivity index (χ4v) is 7.86. The lowest BCUT2D eigenvalue weighted by molar-refractivity contribution is -0.138. The molecule has 13 heteroatoms. The molecule has 0 radical (unpaired) electrons. The van der Waals surface area contributed by atoms with Crippen LogP contribution in [0.25, 0.3) is 0 Å². The van der Waals surface area contributed by atoms with Crippen LogP contribution >= 0.6 is 0 Å². The van der Waals surface area contributed by atoms with Crippen LogP contribution in [0.5, 0.6) is 0 Å². The van der Waals surface area contributed by atoms with Gasteiger partial charge in [-0.2, -0.15) is 0 Å². The summed E-state index contributed by atoms with van der Waals surface area (Å²) in [5.41, 5.74) is 2.03. The molecule has 2 saturated heterocycles. The maximum Gasteiger partial charge on any atom is 0.245 e. The topological polar surface area (TPSA) is 169 Å². The van der Waals surface area contributed by atoms with Crippen molar-refractivity contribution in [2.24, 2.45) is 0 Å². The van der Waals surface area contributed by atoms with Crippen LogP contribution < -0.4 is 26.6 Å². The maximum absolute atomic E-state index is 13.9. The Labute approximate surface area is 352 Å². The average Bonchev–Trinajstić information content (AvgIpc) is 3.90. The number of hydrogen-bond acceptors (Lipinski definition) is 8. The molecule has 2 heterocycles. The van der Waals surface area contributed by atoms with E-state index in [9.17, 15) is 28.8 Å². The van der Waals surface area contributed by atoms with Gasteiger partial charge in [0, 0.05) is 38.1 Å². The predicted molar refractivity (Wildman–Crippen MR) is 232 cm³/mol. The molecule has 0 saturated carbocycles. The third-order valence-corrected chi connectivity index (χ3v) is 11.1. The number of nitrogens with one attached hydrogen (secondary N) is 5. The lowest BCUT2D eigenvalue weighted by Gasteiger charge is -2.30. The average molecular weight is 818 g/mol. The zero-order valence-corrected chi connectivity index (χ0v) is 36.2. The van der Waals surface area contributed by atoms with Gasteiger partial charge in [-0.05, 0) is 84.0 Å². The van der Waals surface area contributed by atoms with Crippen molar-refractivity contribution >= 4 is 35.3 Å². The second kappa shape index (κ2) is 27.2. The quantitative estimate of drug-likeness (QED) is 0.105. The summed E-state index contributed by atoms with van der Waals surface area (Å²) in [7, 11) is 3.42. The predicted octanol–water partition coefficient (Wildman–Crippen LogP) is 4.08. The molecule has 2 aromatic carbocycles. The minimum absolute atomic E-state index is 0.0175. The molecule has 5 atom stereocenters. The van der Waals surface area contributed by atoms with E-state index in [0.717, 1.165) is 81.9 Å². The summed E-state index contributed by atoms with van der Waals surface area (Å²) >= 11 is 0. The van der Waals surface area contributed by atoms with Crippen LogP contribution in [-0.2, 0) is 41.6 Å². The molecule has 4 unspecified atom stereocenters. The second-order valence-electron chi connectivity index (χ2n) is 16.0. The fraction of sp³-hybridized carbons (Fsp3) is 0.609. The van der Waals surface area contributed by atoms with Crippen molar-refractivity contribution < 1.29 is 28.8 Å². The number of rotatable bonds is 23. The summed E-state index contributed by atoms with van der Waals surface area (Å²) < 4.78 is 0. The zero-order valence-electron chi connectivity index (χ0n) is 36.2. The van der Waals surface area contributed by atoms with Crippen LogP contribution in [0.2, 0.25) is 0 Å². The van der Waals surface area contributed by atoms with Crippen LogP contribution in [0.15, 0.2) is 60.7 Å². The number of amides is 5. The number of benzene rings is 2. The van der Waals surface area contributed by atoms with Crippen molar-refractivity contribution in [1.29, 1.82) is 0 Å². The molecule has 5 N–H and O–H groups in total. The number of unbranched alkanes of at least 4 members (excludes halogenated alkanes) is 3. The maximum atomic E-state index is 13.9. The molecule has 2 aromatic rings. The lowest BCUT2D eigenvalue weighted by Crippen LogP contribution is -2.54. The van der Waals surface area contributed by atoms with Gasteiger partial charge in [0.1, 0.15) is 17.9 Å². The molecule has 4 rings (SSSR count). The Morgan fingerprint density at radius 3 is 1.75 bits per heavy atom. The van der Waals surface area contributed by atoms with E-state index in [0.29, 0.717) is 32.4 Å². The van der Waals surface area contributed by atoms with E-state index in [2.05, 4.69) is 33.5 Å². The van der Waals surface area contributed by atoms with Gasteiger partial charge in [-0.1, -0.05) is 99.7 Å². The van der Waals surface area contributed by atoms with Crippen LogP contribution in [0.4, 0.5) is 0 Å². The SMILES string of the molecule is CC(=O)Cc1ccccc1.CCCC1CCCN1C(=O)C(CCCCCCC(NC(=O)[C@H](C)NC)C(=O)N1CCCC1CNC(=O)Cc1ccccc1)NC(=O)CNC. The van der Waals surface area contributed by atoms with Crippen molar-refractivity contribution in [3.63, 3.8) is 0 Å². The minimum atomic E-state index is -0.662. The van der Waals surface area contributed by atoms with Crippen LogP contribution in [0.1, 0.15) is 109 Å². The summed E-state index contributed by atoms with van der Waals surface area (Å²) in [6, 6.07) is 17.8. The molecule has 0 bridgehead atoms. The number of likely N-dealkylation sites (N-methyl/N-ethyl adjacent to an activating group) is 2. The van der Waals surface area contributed by atoms with Crippen molar-refractivity contribution in [2.75, 3.05) is 40.3 Å². The van der Waals surface area contributed by atoms with Crippen LogP contribution in [0.3, 0.4) is 0 Å². The van der Waals surface area contributed by atoms with Crippen molar-refractivity contribution in [3.8, 4) is 0 Å². The van der Waals surface area contributed by atoms with E-state index in [1.165, 1.54) is 0 Å². The molecule has 2 aliphatic heterocycles. The smallest absolute Gasteiger partial charge is 0.245 e. The Morgan fingerprint density at radius 1 is 0.695 bits per heavy atom. The van der Waals surface area contributed by atoms with E-state index < -0.39 is 18.1 Å². The van der Waals surface area contributed by atoms with Gasteiger partial charge < -0.3 is 36.4 Å². The molecule has 326 valence electrons. The minimum Gasteiger partial charge on any atom is -0.354 e. The molecule has 13 nitrogen and oxygen atoms in total. The van der Waals surface area contributed by atoms with E-state index in [-0.39, 0.29) is 60.4 Å². The number of Topliss-reactive ketones (excluding diaryl/α,β-unsaturated/α-hetero) is 1. The van der Waals surface area contributed by atoms with Gasteiger partial charge in [-0.3, -0.25) is 28.8 Å². The van der Waals surface area contributed by atoms with Gasteiger partial charge >= 0.3 is 0 Å². The molecule has 0 aromatic heterocycles. The van der Waals surface area contributed by atoms with Crippen LogP contribution in [-0.4, -0.2) is 116 Å². The fourth-order valence-electron chi connectivity index (χ4n) is 7.86. The first-order valence-electron chi connectivity index (χ1n) is 21.8. The summed E-state index contributed by atoms with van der Waals surface area (Å²) in [5.74, 6) is -0.368. The third kappa shape index (κ3) is 17.6. The molecule has 0 aliphatic carbocycles. The van der Waals surface area contributed by atoms with Gasteiger partial charge in [0.25, 0.3) is 0 Å². The van der Waals surface area contributed by atoms with E-state index >= 15 is 0 Å². The van der Waals surface area contributed by atoms with Gasteiger partial charge in [-0.15, -0.1) is 0 Å². The number of carbonyl (C=O) groups excluding carboxylic acids is 6. The third-order valence-electron chi connectivity index (χ3n) is 11.1. The normalized spacial score (nSPS) is 17.6. The van der Waals surface area contributed by atoms with Gasteiger partial charge in [-0.25, -0.2) is 0 Å². The van der Waals surface area contributed by atoms with Crippen molar-refractivity contribution in [3.05, 3.63) is 71.8 Å². The molecule has 2 fully saturated rings. The summed E-state index contributed by atoms with van der Waals surface area (Å²) in [5, 5.41) is 14.8. The number of likely N-dealkylation sites (tertiary alicyclic amines) is 2. The van der Waals surface area contributed by atoms with Gasteiger partial charge in [0.15, 0.2) is 0 Å². The van der Waals surface area contributed by atoms with Gasteiger partial charge in [0.05, 0.1) is 19.0 Å². The van der Waals surface area contributed by atoms with E-state index in [4.69, 9.17) is 0 Å². The standard InChI is InChI=1S/C37H61N7O5.C9H10O/c1-5-15-29-18-13-22-43(29)36(48)31(41-34(46)26-38-3)20-11-6-7-12-21-32(42-35(47)27(2)39-4)37(49)44-23-14-19-30(44)25-40-33(45)24-28-16-9-8-10-17-28;1-8(10)7-9-5-3-2-4-6-9/h8-10,16-17,27,29-32,38-39H,5-7,11-15,18-26H2,1-4H3,(H,40,45)(H,41,46)(H,42,47);2-6H,7H2,1H3/t27-,29?,30?,31?,32?;/m0./s1. The highest BCUT2D eigenvalue weighted by molar-refractivity contribution is 5.90. The summed E-state index contributed by atoms with van der Waals surface area (Å²) in [6.07, 6.45) is 10.7. The lowest BCUT2D eigenvalue weighted by atomic mass is 10.0. The Hall–Kier alpha value is -4.62. The first-order chi connectivity index (χ1) is 28.5. The van der Waals surface area contributed by atoms with Crippen molar-refractivity contribution in [2.45, 2.75) is 141 Å². The first-order valence-corrected chi connectivity index (χ1v) is 21.8. The summed E-state index contributed by atoms with van der Waals surface area (Å²) in [4.78, 5) is 79.8. The highest BCUT2D eigenvalue weighted by atomic mass is 16.2. The number of hydrogen-bond donors (Lipinski definition) is 5. The second-order valence-corrected chi connectivity index (χ2v) is 16.0. The molecule has 59 heavy (non-hydrogen) atoms. The number of nitrogens with zero attached hydrogens (tertiary/aromatic N) is 2. The first kappa shape index (κ1) is 48.7. The Bertz CT molecular complexity index is 1590.